The molecule has 1 heterocycles. The summed E-state index contributed by atoms with van der Waals surface area (Å²) in [4.78, 5) is 34.9. The molecule has 1 saturated carbocycles. The molecular weight excluding hydrogens is 474 g/mol. The Morgan fingerprint density at radius 3 is 2.31 bits per heavy atom. The van der Waals surface area contributed by atoms with Crippen LogP contribution in [-0.4, -0.2) is 58.3 Å². The van der Waals surface area contributed by atoms with Crippen LogP contribution in [0.3, 0.4) is 0 Å². The first-order valence-corrected chi connectivity index (χ1v) is 10.6. The summed E-state index contributed by atoms with van der Waals surface area (Å²) in [5.41, 5.74) is 5.14. The van der Waals surface area contributed by atoms with Gasteiger partial charge in [0, 0.05) is 30.6 Å². The van der Waals surface area contributed by atoms with Crippen molar-refractivity contribution in [3.63, 3.8) is 0 Å². The number of hydroxylamine groups is 1. The van der Waals surface area contributed by atoms with Crippen LogP contribution in [0.1, 0.15) is 39.4 Å². The van der Waals surface area contributed by atoms with E-state index < -0.39 is 18.1 Å². The van der Waals surface area contributed by atoms with Crippen LogP contribution in [-0.2, 0) is 22.6 Å². The summed E-state index contributed by atoms with van der Waals surface area (Å²) in [6, 6.07) is 12.0. The van der Waals surface area contributed by atoms with Crippen molar-refractivity contribution in [2.24, 2.45) is 0 Å². The van der Waals surface area contributed by atoms with Gasteiger partial charge in [-0.05, 0) is 53.8 Å². The Hall–Kier alpha value is -3.51. The van der Waals surface area contributed by atoms with Gasteiger partial charge in [0.05, 0.1) is 6.54 Å². The van der Waals surface area contributed by atoms with Crippen LogP contribution in [0.5, 0.6) is 0 Å². The molecule has 1 fully saturated rings. The number of alkyl halides is 3. The van der Waals surface area contributed by atoms with E-state index >= 15 is 0 Å². The Labute approximate surface area is 197 Å². The van der Waals surface area contributed by atoms with Crippen molar-refractivity contribution in [3.05, 3.63) is 70.5 Å². The molecule has 0 saturated heterocycles. The molecule has 0 radical (unpaired) electrons. The SMILES string of the molecule is O=C(NO)c1ccc2c(c1)CN(C(=O)CN[C@@H]1C[C@H]1c1ccc(F)cc1)CC2.O=C(O)C(F)(F)F. The summed E-state index contributed by atoms with van der Waals surface area (Å²) in [5, 5.41) is 19.2. The second-order valence-electron chi connectivity index (χ2n) is 8.17. The van der Waals surface area contributed by atoms with Crippen molar-refractivity contribution < 1.29 is 42.3 Å². The zero-order valence-corrected chi connectivity index (χ0v) is 18.3. The van der Waals surface area contributed by atoms with E-state index in [9.17, 15) is 27.2 Å². The molecule has 0 aromatic heterocycles. The van der Waals surface area contributed by atoms with Crippen LogP contribution in [0.4, 0.5) is 17.6 Å². The summed E-state index contributed by atoms with van der Waals surface area (Å²) in [5.74, 6) is -3.21. The van der Waals surface area contributed by atoms with Crippen LogP contribution in [0, 0.1) is 5.82 Å². The van der Waals surface area contributed by atoms with Crippen molar-refractivity contribution in [3.8, 4) is 0 Å². The highest BCUT2D eigenvalue weighted by Gasteiger charge is 2.39. The van der Waals surface area contributed by atoms with E-state index in [0.29, 0.717) is 24.6 Å². The Morgan fingerprint density at radius 1 is 1.06 bits per heavy atom. The molecule has 1 aliphatic carbocycles. The minimum absolute atomic E-state index is 0.0208. The average Bonchev–Trinajstić information content (AvgIpc) is 3.61. The van der Waals surface area contributed by atoms with E-state index in [-0.39, 0.29) is 24.3 Å². The van der Waals surface area contributed by atoms with Crippen molar-refractivity contribution in [1.29, 1.82) is 0 Å². The molecule has 188 valence electrons. The van der Waals surface area contributed by atoms with Crippen LogP contribution >= 0.6 is 0 Å². The van der Waals surface area contributed by atoms with Gasteiger partial charge >= 0.3 is 12.1 Å². The fourth-order valence-electron chi connectivity index (χ4n) is 3.80. The summed E-state index contributed by atoms with van der Waals surface area (Å²) in [7, 11) is 0. The monoisotopic (exact) mass is 497 g/mol. The van der Waals surface area contributed by atoms with E-state index in [2.05, 4.69) is 5.32 Å². The van der Waals surface area contributed by atoms with Gasteiger partial charge in [-0.1, -0.05) is 18.2 Å². The van der Waals surface area contributed by atoms with E-state index in [1.54, 1.807) is 34.6 Å². The highest BCUT2D eigenvalue weighted by Crippen LogP contribution is 2.40. The molecule has 2 atom stereocenters. The lowest BCUT2D eigenvalue weighted by molar-refractivity contribution is -0.192. The maximum Gasteiger partial charge on any atom is 0.490 e. The van der Waals surface area contributed by atoms with Gasteiger partial charge in [-0.15, -0.1) is 0 Å². The number of amides is 2. The minimum atomic E-state index is -5.08. The number of hydrogen-bond donors (Lipinski definition) is 4. The van der Waals surface area contributed by atoms with Gasteiger partial charge in [0.25, 0.3) is 5.91 Å². The number of fused-ring (bicyclic) bond motifs is 1. The molecule has 8 nitrogen and oxygen atoms in total. The molecule has 4 rings (SSSR count). The van der Waals surface area contributed by atoms with Gasteiger partial charge in [-0.3, -0.25) is 14.8 Å². The van der Waals surface area contributed by atoms with Gasteiger partial charge in [-0.2, -0.15) is 13.2 Å². The van der Waals surface area contributed by atoms with Gasteiger partial charge in [0.1, 0.15) is 5.82 Å². The number of nitrogens with zero attached hydrogens (tertiary/aromatic N) is 1. The predicted octanol–water partition coefficient (Wildman–Crippen LogP) is 2.61. The molecular formula is C23H23F4N3O5. The zero-order valence-electron chi connectivity index (χ0n) is 18.3. The summed E-state index contributed by atoms with van der Waals surface area (Å²) < 4.78 is 44.8. The first kappa shape index (κ1) is 26.1. The van der Waals surface area contributed by atoms with Crippen LogP contribution < -0.4 is 10.8 Å². The number of carboxylic acids is 1. The van der Waals surface area contributed by atoms with Gasteiger partial charge in [-0.25, -0.2) is 14.7 Å². The van der Waals surface area contributed by atoms with Crippen molar-refractivity contribution >= 4 is 17.8 Å². The lowest BCUT2D eigenvalue weighted by Gasteiger charge is -2.29. The topological polar surface area (TPSA) is 119 Å². The number of carbonyl (C=O) groups excluding carboxylic acids is 2. The van der Waals surface area contributed by atoms with E-state index in [0.717, 1.165) is 29.5 Å². The predicted molar refractivity (Wildman–Crippen MR) is 114 cm³/mol. The first-order chi connectivity index (χ1) is 16.5. The quantitative estimate of drug-likeness (QED) is 0.287. The highest BCUT2D eigenvalue weighted by atomic mass is 19.4. The number of carbonyl (C=O) groups is 3. The van der Waals surface area contributed by atoms with E-state index in [1.165, 1.54) is 12.1 Å². The Kier molecular flexibility index (Phi) is 8.07. The molecule has 0 spiro atoms. The maximum absolute atomic E-state index is 13.0. The molecule has 0 bridgehead atoms. The van der Waals surface area contributed by atoms with Gasteiger partial charge in [0.15, 0.2) is 0 Å². The second-order valence-corrected chi connectivity index (χ2v) is 8.17. The number of aliphatic carboxylic acids is 1. The fraction of sp³-hybridized carbons (Fsp3) is 0.348. The third-order valence-corrected chi connectivity index (χ3v) is 5.78. The lowest BCUT2D eigenvalue weighted by atomic mass is 9.97. The molecule has 1 aliphatic heterocycles. The first-order valence-electron chi connectivity index (χ1n) is 10.6. The van der Waals surface area contributed by atoms with E-state index in [4.69, 9.17) is 15.1 Å². The largest absolute Gasteiger partial charge is 0.490 e. The molecule has 0 unspecified atom stereocenters. The van der Waals surface area contributed by atoms with Crippen molar-refractivity contribution in [2.45, 2.75) is 37.5 Å². The molecule has 35 heavy (non-hydrogen) atoms. The average molecular weight is 497 g/mol. The number of halogens is 4. The van der Waals surface area contributed by atoms with Crippen molar-refractivity contribution in [2.75, 3.05) is 13.1 Å². The second kappa shape index (κ2) is 10.8. The number of rotatable bonds is 5. The Balaban J connectivity index is 0.000000429. The maximum atomic E-state index is 13.0. The molecule has 4 N–H and O–H groups in total. The smallest absolute Gasteiger partial charge is 0.475 e. The van der Waals surface area contributed by atoms with Crippen LogP contribution in [0.15, 0.2) is 42.5 Å². The third kappa shape index (κ3) is 6.99. The molecule has 12 heteroatoms. The summed E-state index contributed by atoms with van der Waals surface area (Å²) in [6.45, 7) is 1.36. The molecule has 2 aliphatic rings. The standard InChI is InChI=1S/C21H22FN3O3.C2HF3O2/c22-17-5-3-14(4-6-17)18-10-19(18)23-11-20(26)25-8-7-13-1-2-15(21(27)24-28)9-16(13)12-25;3-2(4,5)1(6)7/h1-6,9,18-19,23,28H,7-8,10-12H2,(H,24,27);(H,6,7)/t18-,19+;/m0./s1. The Bertz CT molecular complexity index is 1090. The molecule has 2 aromatic carbocycles. The van der Waals surface area contributed by atoms with Crippen molar-refractivity contribution in [1.82, 2.24) is 15.7 Å². The molecule has 2 amide bonds. The van der Waals surface area contributed by atoms with Crippen LogP contribution in [0.25, 0.3) is 0 Å². The number of benzene rings is 2. The highest BCUT2D eigenvalue weighted by molar-refractivity contribution is 5.93. The van der Waals surface area contributed by atoms with Gasteiger partial charge < -0.3 is 15.3 Å². The van der Waals surface area contributed by atoms with Gasteiger partial charge in [0.2, 0.25) is 5.91 Å². The number of nitrogens with one attached hydrogen (secondary N) is 2. The third-order valence-electron chi connectivity index (χ3n) is 5.78. The number of hydrogen-bond acceptors (Lipinski definition) is 5. The lowest BCUT2D eigenvalue weighted by Crippen LogP contribution is -2.41. The summed E-state index contributed by atoms with van der Waals surface area (Å²) >= 11 is 0. The Morgan fingerprint density at radius 2 is 1.71 bits per heavy atom. The zero-order chi connectivity index (χ0) is 25.8. The van der Waals surface area contributed by atoms with Crippen LogP contribution in [0.2, 0.25) is 0 Å². The fourth-order valence-corrected chi connectivity index (χ4v) is 3.80. The summed E-state index contributed by atoms with van der Waals surface area (Å²) in [6.07, 6.45) is -3.40. The van der Waals surface area contributed by atoms with E-state index in [1.807, 2.05) is 6.07 Å². The minimum Gasteiger partial charge on any atom is -0.475 e. The number of carboxylic acid groups (broad SMARTS) is 1. The normalized spacial score (nSPS) is 18.6. The molecule has 2 aromatic rings.